The van der Waals surface area contributed by atoms with E-state index >= 15 is 0 Å². The van der Waals surface area contributed by atoms with Gasteiger partial charge in [-0.15, -0.1) is 11.3 Å². The second-order valence-corrected chi connectivity index (χ2v) is 6.81. The molecule has 0 aliphatic rings. The molecule has 0 aliphatic carbocycles. The third-order valence-corrected chi connectivity index (χ3v) is 4.48. The van der Waals surface area contributed by atoms with Crippen molar-refractivity contribution in [3.63, 3.8) is 0 Å². The maximum absolute atomic E-state index is 12.4. The molecular formula is C21H23NO2S. The molecule has 0 fully saturated rings. The van der Waals surface area contributed by atoms with Crippen LogP contribution in [-0.4, -0.2) is 11.7 Å². The van der Waals surface area contributed by atoms with Gasteiger partial charge in [-0.3, -0.25) is 9.59 Å². The molecule has 130 valence electrons. The van der Waals surface area contributed by atoms with Gasteiger partial charge in [0, 0.05) is 17.4 Å². The lowest BCUT2D eigenvalue weighted by atomic mass is 10.1. The highest BCUT2D eigenvalue weighted by molar-refractivity contribution is 7.10. The van der Waals surface area contributed by atoms with Gasteiger partial charge in [0.15, 0.2) is 5.78 Å². The summed E-state index contributed by atoms with van der Waals surface area (Å²) in [5.41, 5.74) is 2.39. The number of ketones is 1. The molecule has 1 aromatic carbocycles. The van der Waals surface area contributed by atoms with E-state index in [4.69, 9.17) is 0 Å². The Morgan fingerprint density at radius 1 is 1.16 bits per heavy atom. The first kappa shape index (κ1) is 18.9. The van der Waals surface area contributed by atoms with Crippen LogP contribution in [0.2, 0.25) is 0 Å². The lowest BCUT2D eigenvalue weighted by Gasteiger charge is -2.08. The van der Waals surface area contributed by atoms with Gasteiger partial charge in [-0.2, -0.15) is 0 Å². The molecule has 0 atom stereocenters. The average molecular weight is 353 g/mol. The van der Waals surface area contributed by atoms with E-state index < -0.39 is 0 Å². The van der Waals surface area contributed by atoms with Gasteiger partial charge in [0.25, 0.3) is 0 Å². The number of Topliss-reactive ketones (excluding diaryl/α,β-unsaturated/α-hetero) is 1. The Kier molecular flexibility index (Phi) is 7.36. The summed E-state index contributed by atoms with van der Waals surface area (Å²) in [6.07, 6.45) is 7.14. The van der Waals surface area contributed by atoms with Crippen LogP contribution in [0, 0.1) is 6.92 Å². The first-order chi connectivity index (χ1) is 12.1. The lowest BCUT2D eigenvalue weighted by molar-refractivity contribution is -0.120. The van der Waals surface area contributed by atoms with Gasteiger partial charge < -0.3 is 5.32 Å². The van der Waals surface area contributed by atoms with Crippen molar-refractivity contribution >= 4 is 35.2 Å². The summed E-state index contributed by atoms with van der Waals surface area (Å²) in [6, 6.07) is 11.7. The molecule has 1 heterocycles. The topological polar surface area (TPSA) is 46.2 Å². The van der Waals surface area contributed by atoms with Gasteiger partial charge >= 0.3 is 0 Å². The van der Waals surface area contributed by atoms with Gasteiger partial charge in [-0.05, 0) is 42.5 Å². The second kappa shape index (κ2) is 9.74. The smallest absolute Gasteiger partial charge is 0.248 e. The van der Waals surface area contributed by atoms with E-state index in [2.05, 4.69) is 5.32 Å². The highest BCUT2D eigenvalue weighted by Gasteiger charge is 2.11. The minimum absolute atomic E-state index is 0.0414. The zero-order valence-electron chi connectivity index (χ0n) is 14.6. The number of rotatable bonds is 8. The van der Waals surface area contributed by atoms with E-state index in [0.29, 0.717) is 12.1 Å². The fraction of sp³-hybridized carbons (Fsp3) is 0.238. The monoisotopic (exact) mass is 353 g/mol. The molecule has 0 saturated heterocycles. The number of thiophene rings is 1. The lowest BCUT2D eigenvalue weighted by Crippen LogP contribution is -2.25. The van der Waals surface area contributed by atoms with E-state index in [1.165, 1.54) is 6.08 Å². The number of unbranched alkanes of at least 4 members (excludes halogenated alkanes) is 1. The van der Waals surface area contributed by atoms with Crippen LogP contribution < -0.4 is 5.32 Å². The van der Waals surface area contributed by atoms with Crippen molar-refractivity contribution in [3.8, 4) is 0 Å². The molecule has 1 aromatic heterocycles. The summed E-state index contributed by atoms with van der Waals surface area (Å²) in [7, 11) is 0. The van der Waals surface area contributed by atoms with Crippen molar-refractivity contribution in [2.24, 2.45) is 0 Å². The largest absolute Gasteiger partial charge is 0.319 e. The van der Waals surface area contributed by atoms with Crippen molar-refractivity contribution in [2.45, 2.75) is 33.1 Å². The SMILES string of the molecule is CCCCC(=O)/C(=C/c1ccc(C)cc1)NC(=O)/C=C/c1cccs1. The van der Waals surface area contributed by atoms with Crippen LogP contribution in [0.1, 0.15) is 42.2 Å². The number of aryl methyl sites for hydroxylation is 1. The number of allylic oxidation sites excluding steroid dienone is 1. The number of carbonyl (C=O) groups excluding carboxylic acids is 2. The molecule has 0 radical (unpaired) electrons. The van der Waals surface area contributed by atoms with Crippen molar-refractivity contribution < 1.29 is 9.59 Å². The minimum Gasteiger partial charge on any atom is -0.319 e. The van der Waals surface area contributed by atoms with Gasteiger partial charge in [-0.25, -0.2) is 0 Å². The predicted octanol–water partition coefficient (Wildman–Crippen LogP) is 4.99. The summed E-state index contributed by atoms with van der Waals surface area (Å²) in [5, 5.41) is 4.69. The molecule has 25 heavy (non-hydrogen) atoms. The third-order valence-electron chi connectivity index (χ3n) is 3.65. The number of hydrogen-bond acceptors (Lipinski definition) is 3. The van der Waals surface area contributed by atoms with E-state index in [1.807, 2.05) is 55.6 Å². The Morgan fingerprint density at radius 3 is 2.56 bits per heavy atom. The number of benzene rings is 1. The highest BCUT2D eigenvalue weighted by Crippen LogP contribution is 2.12. The van der Waals surface area contributed by atoms with Crippen molar-refractivity contribution in [3.05, 3.63) is 69.6 Å². The van der Waals surface area contributed by atoms with Crippen LogP contribution in [0.5, 0.6) is 0 Å². The molecule has 3 nitrogen and oxygen atoms in total. The van der Waals surface area contributed by atoms with Crippen LogP contribution in [0.4, 0.5) is 0 Å². The summed E-state index contributed by atoms with van der Waals surface area (Å²) in [4.78, 5) is 25.6. The van der Waals surface area contributed by atoms with Crippen molar-refractivity contribution in [1.29, 1.82) is 0 Å². The van der Waals surface area contributed by atoms with E-state index in [-0.39, 0.29) is 11.7 Å². The fourth-order valence-corrected chi connectivity index (χ4v) is 2.82. The van der Waals surface area contributed by atoms with Crippen LogP contribution in [-0.2, 0) is 9.59 Å². The van der Waals surface area contributed by atoms with E-state index in [1.54, 1.807) is 23.5 Å². The normalized spacial score (nSPS) is 11.7. The van der Waals surface area contributed by atoms with Gasteiger partial charge in [0.05, 0.1) is 5.70 Å². The van der Waals surface area contributed by atoms with Crippen LogP contribution in [0.3, 0.4) is 0 Å². The second-order valence-electron chi connectivity index (χ2n) is 5.83. The van der Waals surface area contributed by atoms with E-state index in [9.17, 15) is 9.59 Å². The summed E-state index contributed by atoms with van der Waals surface area (Å²) in [6.45, 7) is 4.05. The highest BCUT2D eigenvalue weighted by atomic mass is 32.1. The number of amides is 1. The molecule has 0 aliphatic heterocycles. The Labute approximate surface area is 153 Å². The zero-order chi connectivity index (χ0) is 18.1. The maximum Gasteiger partial charge on any atom is 0.248 e. The predicted molar refractivity (Wildman–Crippen MR) is 105 cm³/mol. The first-order valence-electron chi connectivity index (χ1n) is 8.42. The molecule has 0 saturated carbocycles. The Bertz CT molecular complexity index is 756. The molecule has 0 unspecified atom stereocenters. The Morgan fingerprint density at radius 2 is 1.92 bits per heavy atom. The first-order valence-corrected chi connectivity index (χ1v) is 9.30. The van der Waals surface area contributed by atoms with Gasteiger partial charge in [0.2, 0.25) is 5.91 Å². The summed E-state index contributed by atoms with van der Waals surface area (Å²) in [5.74, 6) is -0.336. The molecule has 4 heteroatoms. The fourth-order valence-electron chi connectivity index (χ4n) is 2.21. The number of nitrogens with one attached hydrogen (secondary N) is 1. The zero-order valence-corrected chi connectivity index (χ0v) is 15.4. The third kappa shape index (κ3) is 6.51. The quantitative estimate of drug-likeness (QED) is 0.680. The van der Waals surface area contributed by atoms with Crippen LogP contribution in [0.15, 0.2) is 53.6 Å². The molecule has 0 spiro atoms. The molecule has 1 amide bonds. The Balaban J connectivity index is 2.14. The summed E-state index contributed by atoms with van der Waals surface area (Å²) < 4.78 is 0. The maximum atomic E-state index is 12.4. The van der Waals surface area contributed by atoms with Crippen molar-refractivity contribution in [2.75, 3.05) is 0 Å². The summed E-state index contributed by atoms with van der Waals surface area (Å²) >= 11 is 1.56. The molecule has 2 aromatic rings. The Hall–Kier alpha value is -2.46. The minimum atomic E-state index is -0.295. The standard InChI is InChI=1S/C21H23NO2S/c1-3-4-7-20(23)19(15-17-10-8-16(2)9-11-17)22-21(24)13-12-18-6-5-14-25-18/h5-6,8-15H,3-4,7H2,1-2H3,(H,22,24)/b13-12+,19-15-. The van der Waals surface area contributed by atoms with Crippen molar-refractivity contribution in [1.82, 2.24) is 5.32 Å². The molecular weight excluding hydrogens is 330 g/mol. The van der Waals surface area contributed by atoms with Gasteiger partial charge in [0.1, 0.15) is 0 Å². The molecule has 1 N–H and O–H groups in total. The van der Waals surface area contributed by atoms with Crippen LogP contribution >= 0.6 is 11.3 Å². The number of hydrogen-bond donors (Lipinski definition) is 1. The van der Waals surface area contributed by atoms with E-state index in [0.717, 1.165) is 28.8 Å². The average Bonchev–Trinajstić information content (AvgIpc) is 3.12. The van der Waals surface area contributed by atoms with Crippen LogP contribution in [0.25, 0.3) is 12.2 Å². The van der Waals surface area contributed by atoms with Gasteiger partial charge in [-0.1, -0.05) is 49.2 Å². The molecule has 0 bridgehead atoms. The molecule has 2 rings (SSSR count). The number of carbonyl (C=O) groups is 2.